The Morgan fingerprint density at radius 1 is 1.14 bits per heavy atom. The van der Waals surface area contributed by atoms with Gasteiger partial charge in [0, 0.05) is 5.69 Å². The maximum atomic E-state index is 12.1. The normalized spacial score (nSPS) is 10.3. The average molecular weight is 398 g/mol. The average Bonchev–Trinajstić information content (AvgIpc) is 3.19. The highest BCUT2D eigenvalue weighted by molar-refractivity contribution is 7.99. The molecule has 0 unspecified atom stereocenters. The Labute approximate surface area is 165 Å². The maximum Gasteiger partial charge on any atom is 0.337 e. The summed E-state index contributed by atoms with van der Waals surface area (Å²) in [6.45, 7) is 0.254. The number of rotatable bonds is 8. The highest BCUT2D eigenvalue weighted by Crippen LogP contribution is 2.16. The van der Waals surface area contributed by atoms with Crippen LogP contribution in [0.4, 0.5) is 5.69 Å². The molecule has 0 spiro atoms. The largest absolute Gasteiger partial charge is 0.486 e. The number of methoxy groups -OCH3 is 1. The molecule has 0 saturated carbocycles. The first-order valence-electron chi connectivity index (χ1n) is 8.34. The highest BCUT2D eigenvalue weighted by atomic mass is 32.2. The van der Waals surface area contributed by atoms with Gasteiger partial charge in [-0.3, -0.25) is 9.89 Å². The van der Waals surface area contributed by atoms with E-state index < -0.39 is 5.97 Å². The first-order chi connectivity index (χ1) is 13.6. The molecule has 0 aliphatic rings. The van der Waals surface area contributed by atoms with E-state index in [-0.39, 0.29) is 18.3 Å². The molecule has 0 atom stereocenters. The third-order valence-electron chi connectivity index (χ3n) is 3.53. The number of amides is 1. The molecule has 28 heavy (non-hydrogen) atoms. The van der Waals surface area contributed by atoms with Gasteiger partial charge in [-0.15, -0.1) is 5.10 Å². The molecule has 2 aromatic carbocycles. The van der Waals surface area contributed by atoms with Gasteiger partial charge < -0.3 is 14.8 Å². The molecule has 144 valence electrons. The summed E-state index contributed by atoms with van der Waals surface area (Å²) in [5.41, 5.74) is 0.880. The van der Waals surface area contributed by atoms with Gasteiger partial charge >= 0.3 is 5.97 Å². The molecule has 0 aliphatic carbocycles. The van der Waals surface area contributed by atoms with Crippen molar-refractivity contribution in [3.8, 4) is 5.75 Å². The number of nitrogens with zero attached hydrogens (tertiary/aromatic N) is 2. The predicted molar refractivity (Wildman–Crippen MR) is 104 cm³/mol. The van der Waals surface area contributed by atoms with Gasteiger partial charge in [0.1, 0.15) is 12.4 Å². The minimum Gasteiger partial charge on any atom is -0.486 e. The first-order valence-corrected chi connectivity index (χ1v) is 9.33. The number of aromatic nitrogens is 3. The smallest absolute Gasteiger partial charge is 0.337 e. The molecule has 0 bridgehead atoms. The lowest BCUT2D eigenvalue weighted by Gasteiger charge is -2.06. The summed E-state index contributed by atoms with van der Waals surface area (Å²) in [5.74, 6) is 0.730. The molecule has 1 aromatic heterocycles. The zero-order valence-electron chi connectivity index (χ0n) is 15.0. The molecule has 2 N–H and O–H groups in total. The topological polar surface area (TPSA) is 106 Å². The van der Waals surface area contributed by atoms with E-state index in [1.807, 2.05) is 30.3 Å². The van der Waals surface area contributed by atoms with E-state index in [0.29, 0.717) is 22.2 Å². The Hall–Kier alpha value is -3.33. The van der Waals surface area contributed by atoms with Crippen molar-refractivity contribution in [1.29, 1.82) is 0 Å². The summed E-state index contributed by atoms with van der Waals surface area (Å²) in [5, 5.41) is 10.0. The Kier molecular flexibility index (Phi) is 6.64. The Bertz CT molecular complexity index is 946. The minimum atomic E-state index is -0.462. The van der Waals surface area contributed by atoms with Crippen LogP contribution in [0.5, 0.6) is 5.75 Å². The lowest BCUT2D eigenvalue weighted by molar-refractivity contribution is -0.113. The molecule has 0 saturated heterocycles. The van der Waals surface area contributed by atoms with Crippen LogP contribution < -0.4 is 10.1 Å². The first kappa shape index (κ1) is 19.4. The molecule has 3 aromatic rings. The van der Waals surface area contributed by atoms with Crippen LogP contribution in [-0.2, 0) is 16.1 Å². The molecule has 0 radical (unpaired) electrons. The van der Waals surface area contributed by atoms with Crippen LogP contribution in [0.2, 0.25) is 0 Å². The van der Waals surface area contributed by atoms with Gasteiger partial charge in [0.2, 0.25) is 11.1 Å². The second-order valence-electron chi connectivity index (χ2n) is 5.58. The summed E-state index contributed by atoms with van der Waals surface area (Å²) in [6.07, 6.45) is 0. The van der Waals surface area contributed by atoms with Crippen LogP contribution in [0.15, 0.2) is 59.8 Å². The van der Waals surface area contributed by atoms with Crippen molar-refractivity contribution >= 4 is 29.3 Å². The van der Waals surface area contributed by atoms with E-state index in [1.165, 1.54) is 18.9 Å². The number of hydrogen-bond donors (Lipinski definition) is 2. The molecule has 0 fully saturated rings. The quantitative estimate of drug-likeness (QED) is 0.444. The van der Waals surface area contributed by atoms with Gasteiger partial charge in [-0.2, -0.15) is 0 Å². The molecule has 0 aliphatic heterocycles. The van der Waals surface area contributed by atoms with Crippen LogP contribution in [0.1, 0.15) is 16.2 Å². The van der Waals surface area contributed by atoms with Gasteiger partial charge in [-0.05, 0) is 30.3 Å². The molecular weight excluding hydrogens is 380 g/mol. The van der Waals surface area contributed by atoms with Crippen molar-refractivity contribution in [1.82, 2.24) is 15.2 Å². The standard InChI is InChI=1S/C19H18N4O4S/c1-26-18(25)13-6-5-7-14(10-13)20-17(24)12-28-19-21-16(22-23-19)11-27-15-8-3-2-4-9-15/h2-10H,11-12H2,1H3,(H,20,24)(H,21,22,23). The third kappa shape index (κ3) is 5.58. The van der Waals surface area contributed by atoms with Crippen LogP contribution >= 0.6 is 11.8 Å². The fourth-order valence-corrected chi connectivity index (χ4v) is 2.86. The van der Waals surface area contributed by atoms with Crippen molar-refractivity contribution < 1.29 is 19.1 Å². The molecule has 9 heteroatoms. The van der Waals surface area contributed by atoms with Gasteiger partial charge in [0.05, 0.1) is 18.4 Å². The second kappa shape index (κ2) is 9.56. The number of H-pyrrole nitrogens is 1. The van der Waals surface area contributed by atoms with E-state index in [1.54, 1.807) is 24.3 Å². The SMILES string of the molecule is COC(=O)c1cccc(NC(=O)CSc2n[nH]c(COc3ccccc3)n2)c1. The molecule has 1 amide bonds. The maximum absolute atomic E-state index is 12.1. The van der Waals surface area contributed by atoms with E-state index >= 15 is 0 Å². The number of thioether (sulfide) groups is 1. The Morgan fingerprint density at radius 3 is 2.75 bits per heavy atom. The fourth-order valence-electron chi connectivity index (χ4n) is 2.24. The van der Waals surface area contributed by atoms with Crippen molar-refractivity contribution in [3.63, 3.8) is 0 Å². The number of carbonyl (C=O) groups is 2. The fraction of sp³-hybridized carbons (Fsp3) is 0.158. The summed E-state index contributed by atoms with van der Waals surface area (Å²) >= 11 is 1.19. The van der Waals surface area contributed by atoms with Crippen LogP contribution in [0.3, 0.4) is 0 Å². The van der Waals surface area contributed by atoms with Gasteiger partial charge in [0.25, 0.3) is 0 Å². The number of esters is 1. The molecule has 1 heterocycles. The summed E-state index contributed by atoms with van der Waals surface area (Å²) in [4.78, 5) is 27.9. The van der Waals surface area contributed by atoms with Crippen molar-refractivity contribution in [2.45, 2.75) is 11.8 Å². The third-order valence-corrected chi connectivity index (χ3v) is 4.38. The number of para-hydroxylation sites is 1. The van der Waals surface area contributed by atoms with E-state index in [0.717, 1.165) is 5.75 Å². The van der Waals surface area contributed by atoms with Crippen molar-refractivity contribution in [3.05, 3.63) is 66.0 Å². The van der Waals surface area contributed by atoms with Crippen LogP contribution in [-0.4, -0.2) is 39.9 Å². The lowest BCUT2D eigenvalue weighted by atomic mass is 10.2. The summed E-state index contributed by atoms with van der Waals surface area (Å²) in [6, 6.07) is 15.9. The van der Waals surface area contributed by atoms with Gasteiger partial charge in [0.15, 0.2) is 5.82 Å². The zero-order chi connectivity index (χ0) is 19.8. The van der Waals surface area contributed by atoms with Crippen LogP contribution in [0.25, 0.3) is 0 Å². The molecule has 3 rings (SSSR count). The molecule has 8 nitrogen and oxygen atoms in total. The van der Waals surface area contributed by atoms with Crippen molar-refractivity contribution in [2.24, 2.45) is 0 Å². The number of hydrogen-bond acceptors (Lipinski definition) is 7. The number of nitrogens with one attached hydrogen (secondary N) is 2. The number of carbonyl (C=O) groups excluding carboxylic acids is 2. The van der Waals surface area contributed by atoms with E-state index in [9.17, 15) is 9.59 Å². The summed E-state index contributed by atoms with van der Waals surface area (Å²) < 4.78 is 10.3. The minimum absolute atomic E-state index is 0.124. The number of ether oxygens (including phenoxy) is 2. The second-order valence-corrected chi connectivity index (χ2v) is 6.52. The number of aromatic amines is 1. The summed E-state index contributed by atoms with van der Waals surface area (Å²) in [7, 11) is 1.31. The van der Waals surface area contributed by atoms with Crippen molar-refractivity contribution in [2.75, 3.05) is 18.2 Å². The number of anilines is 1. The predicted octanol–water partition coefficient (Wildman–Crippen LogP) is 2.90. The van der Waals surface area contributed by atoms with Gasteiger partial charge in [-0.25, -0.2) is 9.78 Å². The number of benzene rings is 2. The van der Waals surface area contributed by atoms with Crippen LogP contribution in [0, 0.1) is 0 Å². The highest BCUT2D eigenvalue weighted by Gasteiger charge is 2.10. The lowest BCUT2D eigenvalue weighted by Crippen LogP contribution is -2.14. The molecular formula is C19H18N4O4S. The Morgan fingerprint density at radius 2 is 1.96 bits per heavy atom. The Balaban J connectivity index is 1.47. The zero-order valence-corrected chi connectivity index (χ0v) is 15.9. The van der Waals surface area contributed by atoms with E-state index in [2.05, 4.69) is 25.2 Å². The van der Waals surface area contributed by atoms with Gasteiger partial charge in [-0.1, -0.05) is 36.0 Å². The monoisotopic (exact) mass is 398 g/mol. The van der Waals surface area contributed by atoms with E-state index in [4.69, 9.17) is 4.74 Å².